The van der Waals surface area contributed by atoms with Gasteiger partial charge < -0.3 is 14.8 Å². The molecule has 1 aromatic carbocycles. The van der Waals surface area contributed by atoms with Crippen LogP contribution in [0.15, 0.2) is 23.1 Å². The van der Waals surface area contributed by atoms with E-state index in [0.29, 0.717) is 17.9 Å². The number of thioether (sulfide) groups is 1. The maximum absolute atomic E-state index is 11.9. The van der Waals surface area contributed by atoms with Crippen molar-refractivity contribution in [1.82, 2.24) is 5.32 Å². The lowest BCUT2D eigenvalue weighted by atomic mass is 10.2. The highest BCUT2D eigenvalue weighted by molar-refractivity contribution is 7.98. The molecule has 1 aromatic rings. The van der Waals surface area contributed by atoms with Gasteiger partial charge in [-0.2, -0.15) is 0 Å². The number of ether oxygens (including phenoxy) is 2. The third-order valence-corrected chi connectivity index (χ3v) is 3.26. The number of rotatable bonds is 7. The van der Waals surface area contributed by atoms with Crippen LogP contribution >= 0.6 is 11.8 Å². The molecule has 6 heteroatoms. The Morgan fingerprint density at radius 2 is 2.10 bits per heavy atom. The Morgan fingerprint density at radius 3 is 2.70 bits per heavy atom. The van der Waals surface area contributed by atoms with E-state index in [4.69, 9.17) is 9.47 Å². The van der Waals surface area contributed by atoms with Crippen LogP contribution in [0.3, 0.4) is 0 Å². The van der Waals surface area contributed by atoms with Gasteiger partial charge in [-0.3, -0.25) is 4.79 Å². The van der Waals surface area contributed by atoms with Gasteiger partial charge in [-0.15, -0.1) is 11.8 Å². The molecule has 1 rings (SSSR count). The summed E-state index contributed by atoms with van der Waals surface area (Å²) in [4.78, 5) is 24.3. The van der Waals surface area contributed by atoms with E-state index in [1.807, 2.05) is 13.2 Å². The van der Waals surface area contributed by atoms with Gasteiger partial charge in [0.25, 0.3) is 5.91 Å². The molecule has 0 aliphatic rings. The normalized spacial score (nSPS) is 9.95. The standard InChI is InChI=1S/C14H19NO4S/c1-4-7-15-13(16)9-19-14(17)11-6-5-10(20-3)8-12(11)18-2/h5-6,8H,4,7,9H2,1-3H3,(H,15,16). The van der Waals surface area contributed by atoms with Crippen molar-refractivity contribution in [2.24, 2.45) is 0 Å². The lowest BCUT2D eigenvalue weighted by Gasteiger charge is -2.10. The number of hydrogen-bond acceptors (Lipinski definition) is 5. The molecular weight excluding hydrogens is 278 g/mol. The number of carbonyl (C=O) groups excluding carboxylic acids is 2. The zero-order valence-electron chi connectivity index (χ0n) is 11.9. The summed E-state index contributed by atoms with van der Waals surface area (Å²) in [6.45, 7) is 2.23. The fourth-order valence-corrected chi connectivity index (χ4v) is 1.92. The smallest absolute Gasteiger partial charge is 0.342 e. The number of nitrogens with one attached hydrogen (secondary N) is 1. The van der Waals surface area contributed by atoms with Crippen LogP contribution in [0.25, 0.3) is 0 Å². The summed E-state index contributed by atoms with van der Waals surface area (Å²) in [6, 6.07) is 5.20. The fourth-order valence-electron chi connectivity index (χ4n) is 1.49. The number of carbonyl (C=O) groups is 2. The Bertz CT molecular complexity index is 476. The van der Waals surface area contributed by atoms with Crippen molar-refractivity contribution >= 4 is 23.6 Å². The first-order valence-electron chi connectivity index (χ1n) is 6.28. The van der Waals surface area contributed by atoms with Crippen molar-refractivity contribution in [2.75, 3.05) is 26.5 Å². The van der Waals surface area contributed by atoms with Crippen LogP contribution in [0.5, 0.6) is 5.75 Å². The molecule has 110 valence electrons. The van der Waals surface area contributed by atoms with Crippen LogP contribution < -0.4 is 10.1 Å². The summed E-state index contributed by atoms with van der Waals surface area (Å²) in [5.41, 5.74) is 0.314. The van der Waals surface area contributed by atoms with Gasteiger partial charge in [0.2, 0.25) is 0 Å². The van der Waals surface area contributed by atoms with Crippen LogP contribution in [0.1, 0.15) is 23.7 Å². The molecule has 0 saturated carbocycles. The Kier molecular flexibility index (Phi) is 6.93. The lowest BCUT2D eigenvalue weighted by molar-refractivity contribution is -0.124. The van der Waals surface area contributed by atoms with E-state index in [9.17, 15) is 9.59 Å². The molecule has 0 unspecified atom stereocenters. The number of esters is 1. The topological polar surface area (TPSA) is 64.6 Å². The second-order valence-corrected chi connectivity index (χ2v) is 4.87. The minimum atomic E-state index is -0.568. The number of benzene rings is 1. The zero-order valence-corrected chi connectivity index (χ0v) is 12.7. The van der Waals surface area contributed by atoms with Crippen molar-refractivity contribution in [2.45, 2.75) is 18.2 Å². The maximum Gasteiger partial charge on any atom is 0.342 e. The van der Waals surface area contributed by atoms with Crippen molar-refractivity contribution < 1.29 is 19.1 Å². The number of methoxy groups -OCH3 is 1. The predicted octanol–water partition coefficient (Wildman–Crippen LogP) is 2.10. The first kappa shape index (κ1) is 16.4. The van der Waals surface area contributed by atoms with Crippen molar-refractivity contribution in [1.29, 1.82) is 0 Å². The minimum absolute atomic E-state index is 0.285. The average Bonchev–Trinajstić information content (AvgIpc) is 2.49. The van der Waals surface area contributed by atoms with Crippen molar-refractivity contribution in [3.05, 3.63) is 23.8 Å². The molecule has 0 spiro atoms. The van der Waals surface area contributed by atoms with E-state index in [2.05, 4.69) is 5.32 Å². The Balaban J connectivity index is 2.65. The van der Waals surface area contributed by atoms with E-state index in [0.717, 1.165) is 11.3 Å². The molecule has 0 bridgehead atoms. The Labute approximate surface area is 123 Å². The zero-order chi connectivity index (χ0) is 15.0. The van der Waals surface area contributed by atoms with Gasteiger partial charge in [-0.25, -0.2) is 4.79 Å². The molecule has 0 atom stereocenters. The molecule has 0 aromatic heterocycles. The molecule has 0 fully saturated rings. The van der Waals surface area contributed by atoms with E-state index >= 15 is 0 Å². The Morgan fingerprint density at radius 1 is 1.35 bits per heavy atom. The molecule has 0 aliphatic carbocycles. The van der Waals surface area contributed by atoms with Gasteiger partial charge in [0.05, 0.1) is 7.11 Å². The molecular formula is C14H19NO4S. The van der Waals surface area contributed by atoms with E-state index in [1.165, 1.54) is 7.11 Å². The monoisotopic (exact) mass is 297 g/mol. The highest BCUT2D eigenvalue weighted by atomic mass is 32.2. The maximum atomic E-state index is 11.9. The van der Waals surface area contributed by atoms with Crippen LogP contribution in [-0.2, 0) is 9.53 Å². The third-order valence-electron chi connectivity index (χ3n) is 2.54. The average molecular weight is 297 g/mol. The van der Waals surface area contributed by atoms with Gasteiger partial charge in [0, 0.05) is 11.4 Å². The van der Waals surface area contributed by atoms with Crippen molar-refractivity contribution in [3.8, 4) is 5.75 Å². The van der Waals surface area contributed by atoms with Crippen LogP contribution in [-0.4, -0.2) is 38.4 Å². The second-order valence-electron chi connectivity index (χ2n) is 3.99. The molecule has 0 heterocycles. The van der Waals surface area contributed by atoms with E-state index < -0.39 is 5.97 Å². The minimum Gasteiger partial charge on any atom is -0.496 e. The highest BCUT2D eigenvalue weighted by Crippen LogP contribution is 2.25. The number of amides is 1. The summed E-state index contributed by atoms with van der Waals surface area (Å²) in [5, 5.41) is 2.64. The third kappa shape index (κ3) is 4.77. The lowest BCUT2D eigenvalue weighted by Crippen LogP contribution is -2.29. The highest BCUT2D eigenvalue weighted by Gasteiger charge is 2.15. The number of hydrogen-bond donors (Lipinski definition) is 1. The summed E-state index contributed by atoms with van der Waals surface area (Å²) < 4.78 is 10.1. The van der Waals surface area contributed by atoms with Gasteiger partial charge in [0.15, 0.2) is 6.61 Å². The first-order valence-corrected chi connectivity index (χ1v) is 7.50. The van der Waals surface area contributed by atoms with Gasteiger partial charge >= 0.3 is 5.97 Å². The van der Waals surface area contributed by atoms with Crippen LogP contribution in [0, 0.1) is 0 Å². The molecule has 1 amide bonds. The summed E-state index contributed by atoms with van der Waals surface area (Å²) in [5.74, 6) is -0.433. The molecule has 20 heavy (non-hydrogen) atoms. The van der Waals surface area contributed by atoms with Gasteiger partial charge in [-0.1, -0.05) is 6.92 Å². The van der Waals surface area contributed by atoms with E-state index in [1.54, 1.807) is 30.0 Å². The molecule has 0 radical (unpaired) electrons. The largest absolute Gasteiger partial charge is 0.496 e. The van der Waals surface area contributed by atoms with Gasteiger partial charge in [-0.05, 0) is 30.9 Å². The fraction of sp³-hybridized carbons (Fsp3) is 0.429. The SMILES string of the molecule is CCCNC(=O)COC(=O)c1ccc(SC)cc1OC. The van der Waals surface area contributed by atoms with Crippen LogP contribution in [0.2, 0.25) is 0 Å². The Hall–Kier alpha value is -1.69. The van der Waals surface area contributed by atoms with Crippen LogP contribution in [0.4, 0.5) is 0 Å². The van der Waals surface area contributed by atoms with Gasteiger partial charge in [0.1, 0.15) is 11.3 Å². The predicted molar refractivity (Wildman–Crippen MR) is 78.4 cm³/mol. The summed E-state index contributed by atoms with van der Waals surface area (Å²) in [6.07, 6.45) is 2.77. The second kappa shape index (κ2) is 8.47. The van der Waals surface area contributed by atoms with E-state index in [-0.39, 0.29) is 12.5 Å². The van der Waals surface area contributed by atoms with Crippen molar-refractivity contribution in [3.63, 3.8) is 0 Å². The molecule has 1 N–H and O–H groups in total. The first-order chi connectivity index (χ1) is 9.62. The quantitative estimate of drug-likeness (QED) is 0.617. The summed E-state index contributed by atoms with van der Waals surface area (Å²) >= 11 is 1.55. The molecule has 0 saturated heterocycles. The molecule has 5 nitrogen and oxygen atoms in total. The summed E-state index contributed by atoms with van der Waals surface area (Å²) in [7, 11) is 1.49. The molecule has 0 aliphatic heterocycles.